The van der Waals surface area contributed by atoms with Crippen LogP contribution in [0.15, 0.2) is 96.0 Å². The van der Waals surface area contributed by atoms with Crippen molar-refractivity contribution < 1.29 is 9.53 Å². The molecule has 0 aliphatic heterocycles. The van der Waals surface area contributed by atoms with Gasteiger partial charge >= 0.3 is 5.97 Å². The summed E-state index contributed by atoms with van der Waals surface area (Å²) in [5.74, 6) is 0.130. The minimum Gasteiger partial charge on any atom is -0.460 e. The van der Waals surface area contributed by atoms with Gasteiger partial charge in [-0.1, -0.05) is 68.1 Å². The predicted molar refractivity (Wildman–Crippen MR) is 147 cm³/mol. The molecule has 3 rings (SSSR count). The third-order valence-electron chi connectivity index (χ3n) is 6.42. The van der Waals surface area contributed by atoms with Crippen molar-refractivity contribution in [3.05, 3.63) is 102 Å². The van der Waals surface area contributed by atoms with E-state index < -0.39 is 0 Å². The van der Waals surface area contributed by atoms with Crippen molar-refractivity contribution in [2.75, 3.05) is 24.6 Å². The lowest BCUT2D eigenvalue weighted by Crippen LogP contribution is -2.28. The van der Waals surface area contributed by atoms with E-state index in [-0.39, 0.29) is 17.8 Å². The third-order valence-corrected chi connectivity index (χ3v) is 6.42. The molecule has 4 nitrogen and oxygen atoms in total. The van der Waals surface area contributed by atoms with Gasteiger partial charge in [-0.3, -0.25) is 4.99 Å². The number of ether oxygens (including phenoxy) is 1. The molecule has 2 aromatic carbocycles. The number of benzene rings is 2. The summed E-state index contributed by atoms with van der Waals surface area (Å²) in [4.78, 5) is 18.7. The van der Waals surface area contributed by atoms with Crippen molar-refractivity contribution in [3.63, 3.8) is 0 Å². The number of esters is 1. The van der Waals surface area contributed by atoms with Crippen molar-refractivity contribution in [2.45, 2.75) is 46.1 Å². The molecule has 184 valence electrons. The number of carbonyl (C=O) groups is 1. The van der Waals surface area contributed by atoms with Crippen LogP contribution in [0.25, 0.3) is 0 Å². The molecule has 0 saturated carbocycles. The second kappa shape index (κ2) is 12.9. The summed E-state index contributed by atoms with van der Waals surface area (Å²) in [6, 6.07) is 19.8. The Labute approximate surface area is 210 Å². The van der Waals surface area contributed by atoms with Gasteiger partial charge in [0.15, 0.2) is 0 Å². The molecule has 0 radical (unpaired) electrons. The Morgan fingerprint density at radius 1 is 1.03 bits per heavy atom. The first kappa shape index (κ1) is 26.2. The summed E-state index contributed by atoms with van der Waals surface area (Å²) < 4.78 is 5.29. The van der Waals surface area contributed by atoms with Gasteiger partial charge in [0.25, 0.3) is 0 Å². The molecule has 35 heavy (non-hydrogen) atoms. The van der Waals surface area contributed by atoms with E-state index in [2.05, 4.69) is 111 Å². The van der Waals surface area contributed by atoms with Gasteiger partial charge in [0.1, 0.15) is 6.61 Å². The Morgan fingerprint density at radius 3 is 2.23 bits per heavy atom. The number of aliphatic imine (C=N–C) groups is 1. The van der Waals surface area contributed by atoms with Crippen molar-refractivity contribution in [3.8, 4) is 0 Å². The van der Waals surface area contributed by atoms with Gasteiger partial charge in [-0.25, -0.2) is 4.79 Å². The van der Waals surface area contributed by atoms with Crippen LogP contribution in [0.4, 0.5) is 5.69 Å². The Bertz CT molecular complexity index is 1050. The quantitative estimate of drug-likeness (QED) is 0.270. The van der Waals surface area contributed by atoms with Crippen LogP contribution < -0.4 is 4.90 Å². The predicted octanol–water partition coefficient (Wildman–Crippen LogP) is 6.75. The molecule has 0 bridgehead atoms. The summed E-state index contributed by atoms with van der Waals surface area (Å²) >= 11 is 0. The molecule has 0 amide bonds. The van der Waals surface area contributed by atoms with Gasteiger partial charge in [0.05, 0.1) is 12.3 Å². The van der Waals surface area contributed by atoms with Gasteiger partial charge in [0.2, 0.25) is 0 Å². The zero-order valence-electron chi connectivity index (χ0n) is 21.5. The fourth-order valence-electron chi connectivity index (χ4n) is 4.22. The molecule has 0 N–H and O–H groups in total. The molecule has 4 heteroatoms. The van der Waals surface area contributed by atoms with Crippen molar-refractivity contribution in [1.82, 2.24) is 0 Å². The van der Waals surface area contributed by atoms with Crippen molar-refractivity contribution in [1.29, 1.82) is 0 Å². The Morgan fingerprint density at radius 2 is 1.66 bits per heavy atom. The van der Waals surface area contributed by atoms with E-state index >= 15 is 0 Å². The molecule has 0 aromatic heterocycles. The third kappa shape index (κ3) is 7.29. The lowest BCUT2D eigenvalue weighted by atomic mass is 9.79. The van der Waals surface area contributed by atoms with Gasteiger partial charge in [-0.05, 0) is 62.6 Å². The second-order valence-electron chi connectivity index (χ2n) is 9.08. The number of carbonyl (C=O) groups excluding carboxylic acids is 1. The molecular weight excluding hydrogens is 432 g/mol. The van der Waals surface area contributed by atoms with Crippen LogP contribution in [-0.4, -0.2) is 37.4 Å². The highest BCUT2D eigenvalue weighted by atomic mass is 16.5. The molecule has 1 aliphatic carbocycles. The molecule has 0 heterocycles. The van der Waals surface area contributed by atoms with E-state index in [0.717, 1.165) is 24.4 Å². The van der Waals surface area contributed by atoms with Crippen LogP contribution in [-0.2, 0) is 9.53 Å². The monoisotopic (exact) mass is 470 g/mol. The van der Waals surface area contributed by atoms with Crippen LogP contribution in [0.2, 0.25) is 0 Å². The summed E-state index contributed by atoms with van der Waals surface area (Å²) in [6.07, 6.45) is 9.92. The van der Waals surface area contributed by atoms with E-state index in [1.165, 1.54) is 11.1 Å². The number of rotatable bonds is 11. The molecular formula is C31H38N2O2. The van der Waals surface area contributed by atoms with Crippen molar-refractivity contribution >= 4 is 17.4 Å². The first-order chi connectivity index (χ1) is 16.9. The number of hydrogen-bond donors (Lipinski definition) is 0. The second-order valence-corrected chi connectivity index (χ2v) is 9.08. The standard InChI is InChI=1S/C31H38N2O2/c1-6-24(5)32-28-17-13-26(14-18-28)30(25-11-9-8-10-12-25)27-15-19-29(20-16-27)33(7-2)21-22-35-31(34)23(3)4/h8-20,24,26,30H,3,6-7,21-22H2,1-2,4-5H3. The fraction of sp³-hybridized carbons (Fsp3) is 0.355. The van der Waals surface area contributed by atoms with E-state index in [1.54, 1.807) is 6.92 Å². The minimum atomic E-state index is -0.340. The zero-order valence-corrected chi connectivity index (χ0v) is 21.5. The highest BCUT2D eigenvalue weighted by Crippen LogP contribution is 2.36. The lowest BCUT2D eigenvalue weighted by Gasteiger charge is -2.27. The number of likely N-dealkylation sites (N-methyl/N-ethyl adjacent to an activating group) is 1. The Kier molecular flexibility index (Phi) is 9.66. The summed E-state index contributed by atoms with van der Waals surface area (Å²) in [6.45, 7) is 13.5. The SMILES string of the molecule is C=C(C)C(=O)OCCN(CC)c1ccc(C(c2ccccc2)C2C=CC(=NC(C)CC)C=C2)cc1. The molecule has 0 spiro atoms. The van der Waals surface area contributed by atoms with E-state index in [1.807, 2.05) is 0 Å². The number of allylic oxidation sites excluding steroid dienone is 4. The van der Waals surface area contributed by atoms with Crippen LogP contribution in [0.3, 0.4) is 0 Å². The maximum atomic E-state index is 11.7. The van der Waals surface area contributed by atoms with Gasteiger partial charge in [-0.2, -0.15) is 0 Å². The molecule has 2 unspecified atom stereocenters. The van der Waals surface area contributed by atoms with E-state index in [4.69, 9.17) is 9.73 Å². The first-order valence-corrected chi connectivity index (χ1v) is 12.6. The molecule has 1 aliphatic rings. The van der Waals surface area contributed by atoms with Crippen LogP contribution in [0.5, 0.6) is 0 Å². The number of hydrogen-bond acceptors (Lipinski definition) is 4. The zero-order chi connectivity index (χ0) is 25.2. The number of anilines is 1. The van der Waals surface area contributed by atoms with Crippen LogP contribution in [0, 0.1) is 5.92 Å². The largest absolute Gasteiger partial charge is 0.460 e. The average molecular weight is 471 g/mol. The lowest BCUT2D eigenvalue weighted by molar-refractivity contribution is -0.138. The van der Waals surface area contributed by atoms with Crippen LogP contribution >= 0.6 is 0 Å². The first-order valence-electron chi connectivity index (χ1n) is 12.6. The van der Waals surface area contributed by atoms with Crippen LogP contribution in [0.1, 0.15) is 51.2 Å². The maximum Gasteiger partial charge on any atom is 0.333 e. The van der Waals surface area contributed by atoms with Gasteiger partial charge < -0.3 is 9.64 Å². The normalized spacial score (nSPS) is 16.5. The molecule has 2 aromatic rings. The van der Waals surface area contributed by atoms with Gasteiger partial charge in [-0.15, -0.1) is 0 Å². The van der Waals surface area contributed by atoms with Crippen molar-refractivity contribution in [2.24, 2.45) is 10.9 Å². The minimum absolute atomic E-state index is 0.217. The highest BCUT2D eigenvalue weighted by Gasteiger charge is 2.23. The summed E-state index contributed by atoms with van der Waals surface area (Å²) in [5, 5.41) is 0. The highest BCUT2D eigenvalue weighted by molar-refractivity contribution is 6.05. The topological polar surface area (TPSA) is 41.9 Å². The smallest absolute Gasteiger partial charge is 0.333 e. The maximum absolute atomic E-state index is 11.7. The Balaban J connectivity index is 1.79. The fourth-order valence-corrected chi connectivity index (χ4v) is 4.22. The Hall–Kier alpha value is -3.40. The van der Waals surface area contributed by atoms with E-state index in [0.29, 0.717) is 24.8 Å². The molecule has 0 saturated heterocycles. The summed E-state index contributed by atoms with van der Waals surface area (Å²) in [7, 11) is 0. The van der Waals surface area contributed by atoms with Gasteiger partial charge in [0, 0.05) is 35.7 Å². The number of nitrogens with zero attached hydrogens (tertiary/aromatic N) is 2. The average Bonchev–Trinajstić information content (AvgIpc) is 2.88. The molecule has 0 fully saturated rings. The molecule has 2 atom stereocenters. The van der Waals surface area contributed by atoms with E-state index in [9.17, 15) is 4.79 Å². The summed E-state index contributed by atoms with van der Waals surface area (Å²) in [5.41, 5.74) is 5.15.